The van der Waals surface area contributed by atoms with Crippen molar-refractivity contribution in [2.75, 3.05) is 321 Å². The second-order valence-electron chi connectivity index (χ2n) is 38.0. The molecule has 0 heterocycles. The van der Waals surface area contributed by atoms with Crippen LogP contribution in [0.4, 0.5) is 0 Å². The molecular weight excluding hydrogens is 2440 g/mol. The van der Waals surface area contributed by atoms with Crippen molar-refractivity contribution < 1.29 is 28.4 Å². The van der Waals surface area contributed by atoms with Crippen LogP contribution in [0.15, 0.2) is 0 Å². The summed E-state index contributed by atoms with van der Waals surface area (Å²) in [6.45, 7) is 31.9. The van der Waals surface area contributed by atoms with Crippen molar-refractivity contribution >= 4 is 396 Å². The number of thiol groups is 12. The number of thioether (sulfide) groups is 18. The Balaban J connectivity index is -0.000000940. The molecule has 0 N–H and O–H groups in total. The van der Waals surface area contributed by atoms with Crippen molar-refractivity contribution in [1.29, 1.82) is 0 Å². The molecule has 0 bridgehead atoms. The topological polar surface area (TPSA) is 55.4 Å². The summed E-state index contributed by atoms with van der Waals surface area (Å²) in [6, 6.07) is 24.8. The van der Waals surface area contributed by atoms with Crippen LogP contribution in [0, 0.1) is 0 Å². The molecule has 146 heavy (non-hydrogen) atoms. The van der Waals surface area contributed by atoms with E-state index in [4.69, 9.17) is 28.4 Å². The maximum absolute atomic E-state index is 5.72. The first-order valence-corrected chi connectivity index (χ1v) is 95.8. The van der Waals surface area contributed by atoms with E-state index in [-0.39, 0.29) is 0 Å². The summed E-state index contributed by atoms with van der Waals surface area (Å²) in [6.07, 6.45) is 28.3. The van der Waals surface area contributed by atoms with Crippen LogP contribution in [0.5, 0.6) is 0 Å². The molecule has 0 rings (SSSR count). The zero-order chi connectivity index (χ0) is 108. The molecular formula is C106H228O6S30Si4. The van der Waals surface area contributed by atoms with E-state index >= 15 is 0 Å². The van der Waals surface area contributed by atoms with E-state index in [9.17, 15) is 0 Å². The summed E-state index contributed by atoms with van der Waals surface area (Å²) in [5.74, 6) is 50.7. The molecule has 6 atom stereocenters. The highest BCUT2D eigenvalue weighted by atomic mass is 32.2. The van der Waals surface area contributed by atoms with Gasteiger partial charge in [-0.3, -0.25) is 0 Å². The van der Waals surface area contributed by atoms with Gasteiger partial charge in [0.2, 0.25) is 0 Å². The summed E-state index contributed by atoms with van der Waals surface area (Å²) >= 11 is 90.7. The zero-order valence-corrected chi connectivity index (χ0v) is 124. The normalized spacial score (nSPS) is 13.7. The number of hydrogen-bond donors (Lipinski definition) is 12. The van der Waals surface area contributed by atoms with Gasteiger partial charge in [0, 0.05) is 170 Å². The van der Waals surface area contributed by atoms with E-state index in [1.807, 2.05) is 0 Å². The van der Waals surface area contributed by atoms with Crippen molar-refractivity contribution in [2.45, 2.75) is 326 Å². The molecule has 0 fully saturated rings. The standard InChI is InChI=1S/C31H66O6S6Si.C31H66S12Si.C25H54S6Si.C19H42S6Si/c1-2-3-28-44(29-4-22-41-25-16-35-10-7-32-13-19-38,30-5-23-42-26-17-36-11-8-33-14-20-39)31-6-24-43-27-18-37-12-9-34-15-21-40;1-2-3-28-44(29-4-10-35-16-22-41-25-19-38-13-7-32,30-5-11-36-17-23-42-26-20-39-14-8-33)31-6-12-37-18-24-43-27-21-40-15-9-34;1-8-9-16-32(17-10-13-29-23(5)20(2)26,18-11-14-30-24(6)21(3)27)19-12-15-31-25(7)22(4)28;1-2-3-16-26(17-4-10-23-13-7-20,18-5-11-24-14-8-21)19-6-12-25-15-9-22/h38-40H,2-31H2,1H3;32-34H,2-31H2,1H3;20-28H,8-19H2,1-7H3;20-22H,2-19H2,1H3. The lowest BCUT2D eigenvalue weighted by Gasteiger charge is -2.33. The molecule has 0 aliphatic rings. The largest absolute Gasteiger partial charge is 0.378 e. The van der Waals surface area contributed by atoms with E-state index in [2.05, 4.69) is 432 Å². The zero-order valence-electron chi connectivity index (χ0n) is 94.3. The number of ether oxygens (including phenoxy) is 6. The van der Waals surface area contributed by atoms with Gasteiger partial charge in [-0.15, -0.1) is 0 Å². The Labute approximate surface area is 1060 Å². The fourth-order valence-corrected chi connectivity index (χ4v) is 61.2. The smallest absolute Gasteiger partial charge is 0.0700 e. The lowest BCUT2D eigenvalue weighted by Crippen LogP contribution is -2.34. The number of unbranched alkanes of at least 4 members (excludes halogenated alkanes) is 4. The first kappa shape index (κ1) is 163. The molecule has 0 aliphatic carbocycles. The Morgan fingerprint density at radius 3 is 0.452 bits per heavy atom. The predicted octanol–water partition coefficient (Wildman–Crippen LogP) is 36.4. The minimum atomic E-state index is -1.30. The number of rotatable bonds is 120. The van der Waals surface area contributed by atoms with Gasteiger partial charge in [-0.1, -0.05) is 217 Å². The maximum Gasteiger partial charge on any atom is 0.0700 e. The van der Waals surface area contributed by atoms with E-state index in [1.54, 1.807) is 72.5 Å². The molecule has 0 aromatic carbocycles. The molecule has 0 radical (unpaired) electrons. The van der Waals surface area contributed by atoms with Gasteiger partial charge in [-0.2, -0.15) is 363 Å². The molecule has 884 valence electrons. The van der Waals surface area contributed by atoms with E-state index in [0.29, 0.717) is 91.0 Å². The van der Waals surface area contributed by atoms with Crippen LogP contribution >= 0.6 is 363 Å². The Morgan fingerprint density at radius 1 is 0.158 bits per heavy atom. The Hall–Kier alpha value is 11.1. The molecule has 0 aromatic rings. The maximum atomic E-state index is 5.72. The second-order valence-corrected chi connectivity index (χ2v) is 87.3. The first-order chi connectivity index (χ1) is 71.3. The molecule has 40 heteroatoms. The molecule has 0 saturated carbocycles. The van der Waals surface area contributed by atoms with E-state index in [0.717, 1.165) is 88.9 Å². The summed E-state index contributed by atoms with van der Waals surface area (Å²) < 4.78 is 33.5. The van der Waals surface area contributed by atoms with Gasteiger partial charge in [0.05, 0.1) is 112 Å². The third-order valence-electron chi connectivity index (χ3n) is 25.5. The fraction of sp³-hybridized carbons (Fsp3) is 1.00. The van der Waals surface area contributed by atoms with Crippen LogP contribution in [0.25, 0.3) is 0 Å². The third kappa shape index (κ3) is 120. The van der Waals surface area contributed by atoms with Gasteiger partial charge >= 0.3 is 0 Å². The Bertz CT molecular complexity index is 2110. The average Bonchev–Trinajstić information content (AvgIpc) is 0.875. The van der Waals surface area contributed by atoms with E-state index in [1.165, 1.54) is 325 Å². The Kier molecular flexibility index (Phi) is 150. The minimum Gasteiger partial charge on any atom is -0.378 e. The van der Waals surface area contributed by atoms with Gasteiger partial charge in [0.15, 0.2) is 0 Å². The van der Waals surface area contributed by atoms with Gasteiger partial charge in [-0.05, 0) is 181 Å². The molecule has 6 unspecified atom stereocenters. The van der Waals surface area contributed by atoms with E-state index < -0.39 is 32.3 Å². The van der Waals surface area contributed by atoms with Crippen LogP contribution in [0.1, 0.15) is 198 Å². The van der Waals surface area contributed by atoms with Gasteiger partial charge in [0.1, 0.15) is 0 Å². The molecule has 0 saturated heterocycles. The fourth-order valence-electron chi connectivity index (χ4n) is 16.9. The Morgan fingerprint density at radius 2 is 0.295 bits per heavy atom. The third-order valence-corrected chi connectivity index (χ3v) is 75.2. The quantitative estimate of drug-likeness (QED) is 0.0163. The highest BCUT2D eigenvalue weighted by Crippen LogP contribution is 2.40. The highest BCUT2D eigenvalue weighted by molar-refractivity contribution is 8.07. The van der Waals surface area contributed by atoms with Gasteiger partial charge in [0.25, 0.3) is 0 Å². The molecule has 0 spiro atoms. The van der Waals surface area contributed by atoms with Gasteiger partial charge in [-0.25, -0.2) is 0 Å². The second kappa shape index (κ2) is 135. The molecule has 6 nitrogen and oxygen atoms in total. The van der Waals surface area contributed by atoms with Crippen LogP contribution in [0.3, 0.4) is 0 Å². The van der Waals surface area contributed by atoms with Crippen LogP contribution in [-0.4, -0.2) is 385 Å². The predicted molar refractivity (Wildman–Crippen MR) is 786 cm³/mol. The SMILES string of the molecule is CCCC[Si](CCCSC(C)C(C)S)(CCCSC(C)C(C)S)CCCSC(C)C(C)S.CCCC[Si](CCCSCCOCCOCCS)(CCCSCCOCCOCCS)CCCSCCOCCOCCS.CCCC[Si](CCCSCCS)(CCCSCCS)CCCSCCS.CCCC[Si](CCCSCCSCCSCCS)(CCCSCCSCCSCCS)CCCSCCSCCSCCS. The minimum absolute atomic E-state index is 0.489. The first-order valence-electron chi connectivity index (χ1n) is 56.8. The van der Waals surface area contributed by atoms with Crippen LogP contribution < -0.4 is 0 Å². The summed E-state index contributed by atoms with van der Waals surface area (Å²) in [7, 11) is -4.79. The average molecular weight is 2670 g/mol. The summed E-state index contributed by atoms with van der Waals surface area (Å²) in [5, 5.41) is 3.45. The molecule has 0 aromatic heterocycles. The summed E-state index contributed by atoms with van der Waals surface area (Å²) in [5.41, 5.74) is 0. The van der Waals surface area contributed by atoms with Crippen molar-refractivity contribution in [2.24, 2.45) is 0 Å². The number of hydrogen-bond acceptors (Lipinski definition) is 36. The van der Waals surface area contributed by atoms with Crippen molar-refractivity contribution in [3.05, 3.63) is 0 Å². The molecule has 0 aliphatic heterocycles. The summed E-state index contributed by atoms with van der Waals surface area (Å²) in [4.78, 5) is 0. The van der Waals surface area contributed by atoms with Crippen molar-refractivity contribution in [3.8, 4) is 0 Å². The monoisotopic (exact) mass is 2670 g/mol. The highest BCUT2D eigenvalue weighted by Gasteiger charge is 2.35. The lowest BCUT2D eigenvalue weighted by molar-refractivity contribution is 0.0606. The van der Waals surface area contributed by atoms with Crippen LogP contribution in [-0.2, 0) is 28.4 Å². The van der Waals surface area contributed by atoms with Crippen molar-refractivity contribution in [1.82, 2.24) is 0 Å². The lowest BCUT2D eigenvalue weighted by atomic mass is 10.4. The van der Waals surface area contributed by atoms with Crippen molar-refractivity contribution in [3.63, 3.8) is 0 Å². The van der Waals surface area contributed by atoms with Crippen LogP contribution in [0.2, 0.25) is 96.7 Å². The van der Waals surface area contributed by atoms with Gasteiger partial charge < -0.3 is 28.4 Å². The molecule has 0 amide bonds.